The van der Waals surface area contributed by atoms with Crippen molar-refractivity contribution in [1.29, 1.82) is 0 Å². The number of esters is 2. The zero-order valence-electron chi connectivity index (χ0n) is 21.1. The molecule has 0 aliphatic carbocycles. The monoisotopic (exact) mass is 440 g/mol. The van der Waals surface area contributed by atoms with Crippen molar-refractivity contribution in [3.05, 3.63) is 0 Å². The molecular formula is C27H52O4. The quantitative estimate of drug-likeness (QED) is 0.119. The summed E-state index contributed by atoms with van der Waals surface area (Å²) in [7, 11) is 0. The first kappa shape index (κ1) is 29.9. The van der Waals surface area contributed by atoms with Crippen molar-refractivity contribution in [3.63, 3.8) is 0 Å². The summed E-state index contributed by atoms with van der Waals surface area (Å²) in [6.45, 7) is 7.73. The van der Waals surface area contributed by atoms with E-state index in [4.69, 9.17) is 9.47 Å². The van der Waals surface area contributed by atoms with Crippen LogP contribution in [-0.4, -0.2) is 25.2 Å². The number of carbonyl (C=O) groups excluding carboxylic acids is 2. The zero-order valence-corrected chi connectivity index (χ0v) is 21.1. The smallest absolute Gasteiger partial charge is 0.305 e. The van der Waals surface area contributed by atoms with Crippen molar-refractivity contribution in [3.8, 4) is 0 Å². The van der Waals surface area contributed by atoms with E-state index in [9.17, 15) is 9.59 Å². The molecule has 4 nitrogen and oxygen atoms in total. The summed E-state index contributed by atoms with van der Waals surface area (Å²) in [6, 6.07) is 0. The number of hydrogen-bond donors (Lipinski definition) is 0. The highest BCUT2D eigenvalue weighted by Crippen LogP contribution is 2.20. The Bertz CT molecular complexity index is 408. The second kappa shape index (κ2) is 23.6. The van der Waals surface area contributed by atoms with Crippen LogP contribution in [0.3, 0.4) is 0 Å². The molecule has 0 saturated carbocycles. The summed E-state index contributed by atoms with van der Waals surface area (Å²) < 4.78 is 10.5. The average molecular weight is 441 g/mol. The van der Waals surface area contributed by atoms with E-state index in [-0.39, 0.29) is 11.9 Å². The predicted octanol–water partition coefficient (Wildman–Crippen LogP) is 8.16. The minimum absolute atomic E-state index is 0.0145. The van der Waals surface area contributed by atoms with Crippen LogP contribution in [0.4, 0.5) is 0 Å². The number of unbranched alkanes of at least 4 members (excludes halogenated alkanes) is 11. The second-order valence-electron chi connectivity index (χ2n) is 9.04. The van der Waals surface area contributed by atoms with E-state index in [1.165, 1.54) is 44.9 Å². The molecule has 0 aromatic heterocycles. The van der Waals surface area contributed by atoms with Gasteiger partial charge in [0, 0.05) is 12.8 Å². The highest BCUT2D eigenvalue weighted by molar-refractivity contribution is 5.69. The lowest BCUT2D eigenvalue weighted by atomic mass is 9.93. The summed E-state index contributed by atoms with van der Waals surface area (Å²) in [5.41, 5.74) is 0. The molecule has 0 aliphatic heterocycles. The van der Waals surface area contributed by atoms with Crippen molar-refractivity contribution in [2.75, 3.05) is 13.2 Å². The van der Waals surface area contributed by atoms with Crippen LogP contribution >= 0.6 is 0 Å². The van der Waals surface area contributed by atoms with E-state index < -0.39 is 0 Å². The molecule has 0 amide bonds. The first-order valence-electron chi connectivity index (χ1n) is 13.4. The molecule has 0 heterocycles. The minimum atomic E-state index is -0.0219. The lowest BCUT2D eigenvalue weighted by Crippen LogP contribution is -2.09. The van der Waals surface area contributed by atoms with Gasteiger partial charge in [-0.3, -0.25) is 9.59 Å². The highest BCUT2D eigenvalue weighted by Gasteiger charge is 2.10. The molecule has 0 rings (SSSR count). The third-order valence-electron chi connectivity index (χ3n) is 6.10. The van der Waals surface area contributed by atoms with Gasteiger partial charge in [0.05, 0.1) is 13.2 Å². The summed E-state index contributed by atoms with van der Waals surface area (Å²) >= 11 is 0. The van der Waals surface area contributed by atoms with Crippen LogP contribution in [0.1, 0.15) is 143 Å². The number of hydrogen-bond acceptors (Lipinski definition) is 4. The molecule has 0 aliphatic rings. The Kier molecular flexibility index (Phi) is 22.8. The summed E-state index contributed by atoms with van der Waals surface area (Å²) in [4.78, 5) is 23.4. The maximum atomic E-state index is 11.8. The van der Waals surface area contributed by atoms with Crippen molar-refractivity contribution >= 4 is 11.9 Å². The van der Waals surface area contributed by atoms with Gasteiger partial charge in [-0.2, -0.15) is 0 Å². The first-order chi connectivity index (χ1) is 15.1. The zero-order chi connectivity index (χ0) is 23.0. The minimum Gasteiger partial charge on any atom is -0.466 e. The molecule has 0 saturated heterocycles. The van der Waals surface area contributed by atoms with E-state index in [0.717, 1.165) is 64.2 Å². The summed E-state index contributed by atoms with van der Waals surface area (Å²) in [5, 5.41) is 0. The topological polar surface area (TPSA) is 52.6 Å². The van der Waals surface area contributed by atoms with Gasteiger partial charge in [-0.15, -0.1) is 0 Å². The Labute approximate surface area is 193 Å². The molecule has 0 aromatic rings. The Balaban J connectivity index is 3.45. The van der Waals surface area contributed by atoms with Gasteiger partial charge in [-0.05, 0) is 31.6 Å². The molecule has 0 bridgehead atoms. The van der Waals surface area contributed by atoms with Crippen LogP contribution in [0, 0.1) is 5.92 Å². The molecule has 4 heteroatoms. The third-order valence-corrected chi connectivity index (χ3v) is 6.10. The Morgan fingerprint density at radius 1 is 0.548 bits per heavy atom. The standard InChI is InChI=1S/C27H52O4/c1-4-7-17-23-30-26(28)20-16-14-12-10-9-11-13-15-19-25(6-3)21-22-27(29)31-24-18-8-5-2/h25H,4-24H2,1-3H3. The van der Waals surface area contributed by atoms with Crippen LogP contribution in [0.15, 0.2) is 0 Å². The number of rotatable bonds is 23. The van der Waals surface area contributed by atoms with Crippen LogP contribution < -0.4 is 0 Å². The number of carbonyl (C=O) groups is 2. The Hall–Kier alpha value is -1.06. The van der Waals surface area contributed by atoms with Gasteiger partial charge in [0.15, 0.2) is 0 Å². The van der Waals surface area contributed by atoms with Crippen LogP contribution in [0.25, 0.3) is 0 Å². The lowest BCUT2D eigenvalue weighted by molar-refractivity contribution is -0.145. The third kappa shape index (κ3) is 21.9. The average Bonchev–Trinajstić information content (AvgIpc) is 2.77. The Morgan fingerprint density at radius 3 is 1.55 bits per heavy atom. The fourth-order valence-electron chi connectivity index (χ4n) is 3.86. The van der Waals surface area contributed by atoms with Crippen molar-refractivity contribution < 1.29 is 19.1 Å². The number of ether oxygens (including phenoxy) is 2. The van der Waals surface area contributed by atoms with Crippen LogP contribution in [0.2, 0.25) is 0 Å². The fraction of sp³-hybridized carbons (Fsp3) is 0.926. The molecule has 0 spiro atoms. The molecule has 184 valence electrons. The highest BCUT2D eigenvalue weighted by atomic mass is 16.5. The molecule has 0 aromatic carbocycles. The second-order valence-corrected chi connectivity index (χ2v) is 9.04. The van der Waals surface area contributed by atoms with Crippen molar-refractivity contribution in [2.24, 2.45) is 5.92 Å². The van der Waals surface area contributed by atoms with Gasteiger partial charge in [0.25, 0.3) is 0 Å². The maximum absolute atomic E-state index is 11.8. The summed E-state index contributed by atoms with van der Waals surface area (Å²) in [5.74, 6) is 0.621. The van der Waals surface area contributed by atoms with E-state index in [2.05, 4.69) is 20.8 Å². The van der Waals surface area contributed by atoms with Gasteiger partial charge < -0.3 is 9.47 Å². The van der Waals surface area contributed by atoms with E-state index in [1.807, 2.05) is 0 Å². The predicted molar refractivity (Wildman–Crippen MR) is 130 cm³/mol. The van der Waals surface area contributed by atoms with Crippen molar-refractivity contribution in [2.45, 2.75) is 143 Å². The van der Waals surface area contributed by atoms with E-state index in [0.29, 0.717) is 32.0 Å². The van der Waals surface area contributed by atoms with Gasteiger partial charge in [-0.1, -0.05) is 104 Å². The molecule has 31 heavy (non-hydrogen) atoms. The summed E-state index contributed by atoms with van der Waals surface area (Å²) in [6.07, 6.45) is 20.9. The normalized spacial score (nSPS) is 12.0. The SMILES string of the molecule is CCCCCOC(=O)CCCCCCCCCCC(CC)CCC(=O)OCCCCC. The van der Waals surface area contributed by atoms with Gasteiger partial charge in [-0.25, -0.2) is 0 Å². The molecule has 0 radical (unpaired) electrons. The molecule has 0 N–H and O–H groups in total. The fourth-order valence-corrected chi connectivity index (χ4v) is 3.86. The first-order valence-corrected chi connectivity index (χ1v) is 13.4. The Morgan fingerprint density at radius 2 is 1.03 bits per heavy atom. The largest absolute Gasteiger partial charge is 0.466 e. The van der Waals surface area contributed by atoms with E-state index >= 15 is 0 Å². The molecule has 1 unspecified atom stereocenters. The van der Waals surface area contributed by atoms with Gasteiger partial charge >= 0.3 is 11.9 Å². The van der Waals surface area contributed by atoms with Crippen LogP contribution in [0.5, 0.6) is 0 Å². The lowest BCUT2D eigenvalue weighted by Gasteiger charge is -2.14. The van der Waals surface area contributed by atoms with Gasteiger partial charge in [0.2, 0.25) is 0 Å². The molecular weight excluding hydrogens is 388 g/mol. The van der Waals surface area contributed by atoms with E-state index in [1.54, 1.807) is 0 Å². The maximum Gasteiger partial charge on any atom is 0.305 e. The molecule has 0 fully saturated rings. The van der Waals surface area contributed by atoms with Crippen molar-refractivity contribution in [1.82, 2.24) is 0 Å². The molecule has 1 atom stereocenters. The van der Waals surface area contributed by atoms with Gasteiger partial charge in [0.1, 0.15) is 0 Å². The van der Waals surface area contributed by atoms with Crippen LogP contribution in [-0.2, 0) is 19.1 Å².